The molecule has 3 nitrogen and oxygen atoms in total. The van der Waals surface area contributed by atoms with Gasteiger partial charge in [-0.2, -0.15) is 0 Å². The quantitative estimate of drug-likeness (QED) is 0.624. The number of hydrogen-bond donors (Lipinski definition) is 1. The number of ether oxygens (including phenoxy) is 1. The Kier molecular flexibility index (Phi) is 4.11. The van der Waals surface area contributed by atoms with Crippen molar-refractivity contribution in [1.29, 1.82) is 0 Å². The van der Waals surface area contributed by atoms with Crippen LogP contribution < -0.4 is 5.32 Å². The van der Waals surface area contributed by atoms with Crippen LogP contribution in [-0.4, -0.2) is 13.0 Å². The van der Waals surface area contributed by atoms with Crippen molar-refractivity contribution in [3.8, 4) is 0 Å². The van der Waals surface area contributed by atoms with Gasteiger partial charge in [0.1, 0.15) is 0 Å². The van der Waals surface area contributed by atoms with Crippen molar-refractivity contribution < 1.29 is 9.53 Å². The van der Waals surface area contributed by atoms with Gasteiger partial charge >= 0.3 is 0 Å². The molecule has 0 aliphatic carbocycles. The second-order valence-electron chi connectivity index (χ2n) is 3.82. The van der Waals surface area contributed by atoms with Crippen molar-refractivity contribution in [2.75, 3.05) is 12.4 Å². The summed E-state index contributed by atoms with van der Waals surface area (Å²) in [5.41, 5.74) is 1.90. The molecule has 0 fully saturated rings. The molecule has 86 valence electrons. The number of rotatable bonds is 4. The van der Waals surface area contributed by atoms with Crippen molar-refractivity contribution >= 4 is 11.6 Å². The summed E-state index contributed by atoms with van der Waals surface area (Å²) < 4.78 is 4.78. The van der Waals surface area contributed by atoms with Crippen molar-refractivity contribution in [1.82, 2.24) is 0 Å². The second kappa shape index (κ2) is 5.35. The molecule has 0 bridgehead atoms. The van der Waals surface area contributed by atoms with E-state index in [2.05, 4.69) is 25.7 Å². The molecular formula is C13H17NO2. The molecule has 3 heteroatoms. The largest absolute Gasteiger partial charge is 0.492 e. The Morgan fingerprint density at radius 3 is 2.56 bits per heavy atom. The number of nitrogens with one attached hydrogen (secondary N) is 1. The molecule has 1 rings (SSSR count). The van der Waals surface area contributed by atoms with Gasteiger partial charge in [-0.15, -0.1) is 0 Å². The highest BCUT2D eigenvalue weighted by atomic mass is 16.5. The minimum atomic E-state index is -0.310. The number of para-hydroxylation sites is 1. The van der Waals surface area contributed by atoms with E-state index in [0.717, 1.165) is 11.3 Å². The molecule has 16 heavy (non-hydrogen) atoms. The van der Waals surface area contributed by atoms with Crippen LogP contribution in [0.2, 0.25) is 0 Å². The number of amides is 1. The van der Waals surface area contributed by atoms with Crippen LogP contribution in [0.1, 0.15) is 25.3 Å². The maximum absolute atomic E-state index is 11.6. The topological polar surface area (TPSA) is 38.3 Å². The Morgan fingerprint density at radius 2 is 2.00 bits per heavy atom. The van der Waals surface area contributed by atoms with Crippen LogP contribution in [-0.2, 0) is 9.53 Å². The normalized spacial score (nSPS) is 10.0. The van der Waals surface area contributed by atoms with Crippen molar-refractivity contribution in [3.05, 3.63) is 42.2 Å². The summed E-state index contributed by atoms with van der Waals surface area (Å²) in [7, 11) is 1.43. The Labute approximate surface area is 96.1 Å². The van der Waals surface area contributed by atoms with Crippen LogP contribution in [0.5, 0.6) is 0 Å². The molecule has 0 aliphatic heterocycles. The van der Waals surface area contributed by atoms with E-state index in [-0.39, 0.29) is 11.7 Å². The van der Waals surface area contributed by atoms with Gasteiger partial charge in [-0.1, -0.05) is 38.6 Å². The molecule has 0 atom stereocenters. The molecule has 1 amide bonds. The van der Waals surface area contributed by atoms with Gasteiger partial charge in [0.25, 0.3) is 5.91 Å². The van der Waals surface area contributed by atoms with Gasteiger partial charge in [0.2, 0.25) is 0 Å². The minimum absolute atomic E-state index is 0.110. The standard InChI is InChI=1S/C13H17NO2/c1-9(2)11-7-5-6-8-12(11)14-13(15)10(3)16-4/h5-9H,3H2,1-2,4H3,(H,14,15). The van der Waals surface area contributed by atoms with E-state index in [1.54, 1.807) is 0 Å². The summed E-state index contributed by atoms with van der Waals surface area (Å²) in [6, 6.07) is 7.71. The summed E-state index contributed by atoms with van der Waals surface area (Å²) in [6.45, 7) is 7.67. The average molecular weight is 219 g/mol. The smallest absolute Gasteiger partial charge is 0.290 e. The average Bonchev–Trinajstić information content (AvgIpc) is 2.28. The molecule has 0 radical (unpaired) electrons. The maximum atomic E-state index is 11.6. The Bertz CT molecular complexity index is 397. The van der Waals surface area contributed by atoms with E-state index in [1.807, 2.05) is 24.3 Å². The van der Waals surface area contributed by atoms with Crippen LogP contribution in [0.3, 0.4) is 0 Å². The lowest BCUT2D eigenvalue weighted by Gasteiger charge is -2.13. The van der Waals surface area contributed by atoms with E-state index in [0.29, 0.717) is 5.92 Å². The van der Waals surface area contributed by atoms with Gasteiger partial charge in [-0.3, -0.25) is 4.79 Å². The first kappa shape index (κ1) is 12.3. The predicted octanol–water partition coefficient (Wildman–Crippen LogP) is 2.91. The van der Waals surface area contributed by atoms with E-state index >= 15 is 0 Å². The van der Waals surface area contributed by atoms with Crippen LogP contribution in [0.15, 0.2) is 36.6 Å². The van der Waals surface area contributed by atoms with Gasteiger partial charge < -0.3 is 10.1 Å². The van der Waals surface area contributed by atoms with E-state index in [1.165, 1.54) is 7.11 Å². The highest BCUT2D eigenvalue weighted by molar-refractivity contribution is 6.02. The zero-order valence-corrected chi connectivity index (χ0v) is 9.91. The predicted molar refractivity (Wildman–Crippen MR) is 65.3 cm³/mol. The Balaban J connectivity index is 2.89. The van der Waals surface area contributed by atoms with Gasteiger partial charge in [0, 0.05) is 5.69 Å². The summed E-state index contributed by atoms with van der Waals surface area (Å²) >= 11 is 0. The maximum Gasteiger partial charge on any atom is 0.290 e. The van der Waals surface area contributed by atoms with E-state index < -0.39 is 0 Å². The molecular weight excluding hydrogens is 202 g/mol. The number of methoxy groups -OCH3 is 1. The fraction of sp³-hybridized carbons (Fsp3) is 0.308. The zero-order valence-electron chi connectivity index (χ0n) is 9.91. The molecule has 0 unspecified atom stereocenters. The minimum Gasteiger partial charge on any atom is -0.492 e. The highest BCUT2D eigenvalue weighted by Gasteiger charge is 2.11. The van der Waals surface area contributed by atoms with Crippen LogP contribution in [0.25, 0.3) is 0 Å². The summed E-state index contributed by atoms with van der Waals surface area (Å²) in [4.78, 5) is 11.6. The fourth-order valence-electron chi connectivity index (χ4n) is 1.40. The highest BCUT2D eigenvalue weighted by Crippen LogP contribution is 2.23. The first-order valence-electron chi connectivity index (χ1n) is 5.19. The van der Waals surface area contributed by atoms with Gasteiger partial charge in [0.05, 0.1) is 7.11 Å². The van der Waals surface area contributed by atoms with Crippen molar-refractivity contribution in [2.45, 2.75) is 19.8 Å². The molecule has 0 aliphatic rings. The third kappa shape index (κ3) is 2.86. The lowest BCUT2D eigenvalue weighted by Crippen LogP contribution is -2.16. The van der Waals surface area contributed by atoms with E-state index in [4.69, 9.17) is 4.74 Å². The fourth-order valence-corrected chi connectivity index (χ4v) is 1.40. The number of hydrogen-bond acceptors (Lipinski definition) is 2. The van der Waals surface area contributed by atoms with Gasteiger partial charge in [-0.05, 0) is 17.5 Å². The number of carbonyl (C=O) groups excluding carboxylic acids is 1. The number of anilines is 1. The van der Waals surface area contributed by atoms with Crippen molar-refractivity contribution in [3.63, 3.8) is 0 Å². The number of benzene rings is 1. The molecule has 1 aromatic carbocycles. The summed E-state index contributed by atoms with van der Waals surface area (Å²) in [6.07, 6.45) is 0. The van der Waals surface area contributed by atoms with Crippen LogP contribution in [0, 0.1) is 0 Å². The SMILES string of the molecule is C=C(OC)C(=O)Nc1ccccc1C(C)C. The molecule has 0 aromatic heterocycles. The summed E-state index contributed by atoms with van der Waals surface area (Å²) in [5.74, 6) is 0.154. The Hall–Kier alpha value is -1.77. The second-order valence-corrected chi connectivity index (χ2v) is 3.82. The Morgan fingerprint density at radius 1 is 1.38 bits per heavy atom. The first-order chi connectivity index (χ1) is 7.56. The monoisotopic (exact) mass is 219 g/mol. The third-order valence-electron chi connectivity index (χ3n) is 2.33. The third-order valence-corrected chi connectivity index (χ3v) is 2.33. The van der Waals surface area contributed by atoms with Gasteiger partial charge in [0.15, 0.2) is 5.76 Å². The first-order valence-corrected chi connectivity index (χ1v) is 5.19. The lowest BCUT2D eigenvalue weighted by atomic mass is 10.0. The molecule has 1 aromatic rings. The van der Waals surface area contributed by atoms with Crippen LogP contribution >= 0.6 is 0 Å². The van der Waals surface area contributed by atoms with Crippen LogP contribution in [0.4, 0.5) is 5.69 Å². The number of carbonyl (C=O) groups is 1. The molecule has 0 saturated heterocycles. The summed E-state index contributed by atoms with van der Waals surface area (Å²) in [5, 5.41) is 2.78. The van der Waals surface area contributed by atoms with Gasteiger partial charge in [-0.25, -0.2) is 0 Å². The molecule has 0 spiro atoms. The lowest BCUT2D eigenvalue weighted by molar-refractivity contribution is -0.115. The zero-order chi connectivity index (χ0) is 12.1. The van der Waals surface area contributed by atoms with Crippen molar-refractivity contribution in [2.24, 2.45) is 0 Å². The molecule has 0 heterocycles. The molecule has 1 N–H and O–H groups in total. The van der Waals surface area contributed by atoms with E-state index in [9.17, 15) is 4.79 Å². The molecule has 0 saturated carbocycles.